The smallest absolute Gasteiger partial charge is 0.252 e. The molecule has 2 aliphatic heterocycles. The third-order valence-corrected chi connectivity index (χ3v) is 25.1. The lowest BCUT2D eigenvalue weighted by Crippen LogP contribution is -2.61. The molecule has 5 heteroatoms. The molecule has 0 saturated carbocycles. The number of hydrogen-bond donors (Lipinski definition) is 0. The van der Waals surface area contributed by atoms with Gasteiger partial charge in [-0.1, -0.05) is 354 Å². The van der Waals surface area contributed by atoms with E-state index in [0.717, 1.165) is 45.5 Å². The van der Waals surface area contributed by atoms with E-state index in [0.29, 0.717) is 0 Å². The van der Waals surface area contributed by atoms with Crippen molar-refractivity contribution < 1.29 is 0 Å². The fraction of sp³-hybridized carbons (Fsp3) is 0.291. The standard InChI is InChI=1S/C110H115BN4/c1-103(2,3)72-54-68(55-73(62-72)104(4,5)6)82-36-25-29-44-92(82)114-96-52-50-80(112-94-46-31-27-38-86(94)88-42-33-40-84(101(88)112)70-58-76(107(13,14)15)64-77(59-70)108(16,17)18)66-90(96)111-91-67-81(113-95-47-32-28-39-87(95)89-43-34-41-85(102(89)113)71-60-78(109(19,20)21)65-79(61-71)110(22,23)24)51-53-97(91)115(99-49-35-48-98(114)100(99)111)93-45-30-26-37-83(93)69-56-74(105(7,8)9)63-75(57-69)106(10,11)12/h25-67H,1-24H3. The van der Waals surface area contributed by atoms with Crippen molar-refractivity contribution in [1.82, 2.24) is 9.13 Å². The summed E-state index contributed by atoms with van der Waals surface area (Å²) in [6.07, 6.45) is 0. The molecule has 17 rings (SSSR count). The van der Waals surface area contributed by atoms with Crippen molar-refractivity contribution in [2.24, 2.45) is 0 Å². The SMILES string of the molecule is CC(C)(C)c1cc(-c2ccccc2N2c3ccc(-n4c5ccccc5c5cccc(-c6cc(C(C)(C)C)cc(C(C)(C)C)c6)c54)cc3B3c4cc(-n5c6ccccc6c6cccc(-c7cc(C(C)(C)C)cc(C(C)(C)C)c7)c65)ccc4N(c4ccccc4-c4cc(C(C)(C)C)cc(C(C)(C)C)c4)c4cccc2c43)cc(C(C)(C)C)c1. The van der Waals surface area contributed by atoms with Gasteiger partial charge in [-0.2, -0.15) is 0 Å². The van der Waals surface area contributed by atoms with Crippen LogP contribution >= 0.6 is 0 Å². The summed E-state index contributed by atoms with van der Waals surface area (Å²) in [6.45, 7) is 56.3. The topological polar surface area (TPSA) is 16.3 Å². The molecule has 2 aromatic heterocycles. The highest BCUT2D eigenvalue weighted by molar-refractivity contribution is 7.00. The van der Waals surface area contributed by atoms with Crippen LogP contribution in [0.5, 0.6) is 0 Å². The van der Waals surface area contributed by atoms with E-state index in [4.69, 9.17) is 0 Å². The molecule has 13 aromatic carbocycles. The Kier molecular flexibility index (Phi) is 17.9. The van der Waals surface area contributed by atoms with Gasteiger partial charge in [-0.3, -0.25) is 0 Å². The Balaban J connectivity index is 1.01. The maximum absolute atomic E-state index is 2.66. The molecule has 0 aliphatic carbocycles. The Hall–Kier alpha value is -10.9. The predicted molar refractivity (Wildman–Crippen MR) is 500 cm³/mol. The molecular weight excluding hydrogens is 1390 g/mol. The van der Waals surface area contributed by atoms with Crippen LogP contribution in [0.15, 0.2) is 261 Å². The van der Waals surface area contributed by atoms with Crippen LogP contribution in [-0.2, 0) is 43.3 Å². The first-order valence-electron chi connectivity index (χ1n) is 42.0. The summed E-state index contributed by atoms with van der Waals surface area (Å²) in [7, 11) is 0. The highest BCUT2D eigenvalue weighted by atomic mass is 15.2. The molecule has 578 valence electrons. The lowest BCUT2D eigenvalue weighted by atomic mass is 9.33. The third-order valence-electron chi connectivity index (χ3n) is 25.1. The third kappa shape index (κ3) is 13.3. The van der Waals surface area contributed by atoms with Gasteiger partial charge in [-0.15, -0.1) is 0 Å². The second kappa shape index (κ2) is 26.9. The summed E-state index contributed by atoms with van der Waals surface area (Å²) in [5.41, 5.74) is 37.1. The molecule has 0 atom stereocenters. The van der Waals surface area contributed by atoms with Gasteiger partial charge in [0.15, 0.2) is 0 Å². The van der Waals surface area contributed by atoms with Gasteiger partial charge >= 0.3 is 0 Å². The number of hydrogen-bond acceptors (Lipinski definition) is 2. The van der Waals surface area contributed by atoms with E-state index in [1.807, 2.05) is 0 Å². The maximum Gasteiger partial charge on any atom is 0.252 e. The number of anilines is 6. The van der Waals surface area contributed by atoms with E-state index < -0.39 is 0 Å². The predicted octanol–water partition coefficient (Wildman–Crippen LogP) is 29.0. The Morgan fingerprint density at radius 1 is 0.209 bits per heavy atom. The molecule has 0 unspecified atom stereocenters. The van der Waals surface area contributed by atoms with Crippen molar-refractivity contribution >= 4 is 101 Å². The normalized spacial score (nSPS) is 13.7. The first-order chi connectivity index (χ1) is 54.1. The maximum atomic E-state index is 2.66. The fourth-order valence-corrected chi connectivity index (χ4v) is 18.2. The molecule has 4 heterocycles. The van der Waals surface area contributed by atoms with E-state index in [-0.39, 0.29) is 50.0 Å². The van der Waals surface area contributed by atoms with Gasteiger partial charge in [0.2, 0.25) is 0 Å². The quantitative estimate of drug-likeness (QED) is 0.141. The summed E-state index contributed by atoms with van der Waals surface area (Å²) in [5.74, 6) is 0. The number of para-hydroxylation sites is 6. The number of benzene rings is 13. The molecule has 0 amide bonds. The minimum atomic E-state index is -0.285. The number of rotatable bonds is 8. The van der Waals surface area contributed by atoms with Gasteiger partial charge < -0.3 is 18.9 Å². The summed E-state index contributed by atoms with van der Waals surface area (Å²) in [6, 6.07) is 103. The van der Waals surface area contributed by atoms with E-state index in [1.165, 1.54) is 149 Å². The molecular formula is C110H115BN4. The van der Waals surface area contributed by atoms with Crippen LogP contribution in [0.2, 0.25) is 0 Å². The molecule has 4 nitrogen and oxygen atoms in total. The van der Waals surface area contributed by atoms with Gasteiger partial charge in [-0.05, 0) is 199 Å². The number of nitrogens with zero attached hydrogens (tertiary/aromatic N) is 4. The van der Waals surface area contributed by atoms with E-state index in [9.17, 15) is 0 Å². The Morgan fingerprint density at radius 3 is 0.774 bits per heavy atom. The van der Waals surface area contributed by atoms with Crippen molar-refractivity contribution in [3.05, 3.63) is 305 Å². The molecule has 0 N–H and O–H groups in total. The Labute approximate surface area is 686 Å². The van der Waals surface area contributed by atoms with Gasteiger partial charge in [0.25, 0.3) is 6.71 Å². The average molecular weight is 1500 g/mol. The molecule has 0 radical (unpaired) electrons. The zero-order chi connectivity index (χ0) is 81.5. The van der Waals surface area contributed by atoms with Crippen LogP contribution in [0.25, 0.3) is 99.5 Å². The van der Waals surface area contributed by atoms with Crippen LogP contribution in [0.1, 0.15) is 211 Å². The van der Waals surface area contributed by atoms with E-state index >= 15 is 0 Å². The summed E-state index contributed by atoms with van der Waals surface area (Å²) in [5, 5.41) is 4.92. The first kappa shape index (κ1) is 76.7. The zero-order valence-corrected chi connectivity index (χ0v) is 72.7. The lowest BCUT2D eigenvalue weighted by molar-refractivity contribution is 0.568. The van der Waals surface area contributed by atoms with Gasteiger partial charge in [0, 0.05) is 77.9 Å². The van der Waals surface area contributed by atoms with Crippen molar-refractivity contribution in [1.29, 1.82) is 0 Å². The van der Waals surface area contributed by atoms with Crippen LogP contribution in [0, 0.1) is 0 Å². The minimum Gasteiger partial charge on any atom is -0.311 e. The first-order valence-corrected chi connectivity index (χ1v) is 42.0. The van der Waals surface area contributed by atoms with Crippen molar-refractivity contribution in [3.8, 4) is 55.9 Å². The fourth-order valence-electron chi connectivity index (χ4n) is 18.2. The molecule has 0 fully saturated rings. The summed E-state index contributed by atoms with van der Waals surface area (Å²) < 4.78 is 5.23. The molecule has 0 spiro atoms. The van der Waals surface area contributed by atoms with Gasteiger partial charge in [0.05, 0.1) is 33.4 Å². The van der Waals surface area contributed by atoms with Crippen LogP contribution in [0.3, 0.4) is 0 Å². The molecule has 0 saturated heterocycles. The summed E-state index contributed by atoms with van der Waals surface area (Å²) in [4.78, 5) is 5.32. The van der Waals surface area contributed by atoms with Gasteiger partial charge in [-0.25, -0.2) is 0 Å². The van der Waals surface area contributed by atoms with Crippen molar-refractivity contribution in [3.63, 3.8) is 0 Å². The second-order valence-electron chi connectivity index (χ2n) is 41.6. The minimum absolute atomic E-state index is 0.0853. The lowest BCUT2D eigenvalue weighted by Gasteiger charge is -2.45. The Bertz CT molecular complexity index is 5930. The Morgan fingerprint density at radius 2 is 0.461 bits per heavy atom. The van der Waals surface area contributed by atoms with Crippen molar-refractivity contribution in [2.75, 3.05) is 9.80 Å². The van der Waals surface area contributed by atoms with Crippen LogP contribution in [0.4, 0.5) is 34.1 Å². The average Bonchev–Trinajstić information content (AvgIpc) is 0.991. The second-order valence-corrected chi connectivity index (χ2v) is 41.6. The largest absolute Gasteiger partial charge is 0.311 e. The summed E-state index contributed by atoms with van der Waals surface area (Å²) >= 11 is 0. The van der Waals surface area contributed by atoms with Crippen LogP contribution in [-0.4, -0.2) is 15.8 Å². The number of fused-ring (bicyclic) bond motifs is 10. The van der Waals surface area contributed by atoms with Crippen LogP contribution < -0.4 is 26.2 Å². The molecule has 15 aromatic rings. The highest BCUT2D eigenvalue weighted by Gasteiger charge is 2.45. The van der Waals surface area contributed by atoms with Gasteiger partial charge in [0.1, 0.15) is 0 Å². The van der Waals surface area contributed by atoms with E-state index in [2.05, 4.69) is 446 Å². The molecule has 115 heavy (non-hydrogen) atoms. The monoisotopic (exact) mass is 1500 g/mol. The zero-order valence-electron chi connectivity index (χ0n) is 72.7. The van der Waals surface area contributed by atoms with E-state index in [1.54, 1.807) is 0 Å². The van der Waals surface area contributed by atoms with Crippen molar-refractivity contribution in [2.45, 2.75) is 209 Å². The number of aromatic nitrogens is 2. The molecule has 2 aliphatic rings. The highest BCUT2D eigenvalue weighted by Crippen LogP contribution is 2.52. The molecule has 0 bridgehead atoms.